The number of benzene rings is 1. The lowest BCUT2D eigenvalue weighted by Gasteiger charge is -2.33. The van der Waals surface area contributed by atoms with Gasteiger partial charge in [0.25, 0.3) is 0 Å². The summed E-state index contributed by atoms with van der Waals surface area (Å²) in [6.07, 6.45) is 1.24. The van der Waals surface area contributed by atoms with Gasteiger partial charge in [0.05, 0.1) is 0 Å². The molecule has 122 valence electrons. The third-order valence-electron chi connectivity index (χ3n) is 4.02. The second kappa shape index (κ2) is 7.65. The second-order valence-electron chi connectivity index (χ2n) is 5.66. The van der Waals surface area contributed by atoms with Gasteiger partial charge in [-0.25, -0.2) is 8.78 Å². The molecule has 1 N–H and O–H groups in total. The number of ether oxygens (including phenoxy) is 1. The van der Waals surface area contributed by atoms with E-state index in [0.29, 0.717) is 6.54 Å². The van der Waals surface area contributed by atoms with Gasteiger partial charge < -0.3 is 10.1 Å². The summed E-state index contributed by atoms with van der Waals surface area (Å²) in [4.78, 5) is 13.8. The predicted molar refractivity (Wildman–Crippen MR) is 79.3 cm³/mol. The van der Waals surface area contributed by atoms with Crippen molar-refractivity contribution in [3.8, 4) is 0 Å². The van der Waals surface area contributed by atoms with Crippen molar-refractivity contribution in [1.29, 1.82) is 0 Å². The van der Waals surface area contributed by atoms with Gasteiger partial charge in [-0.05, 0) is 38.4 Å². The second-order valence-corrected chi connectivity index (χ2v) is 5.66. The Balaban J connectivity index is 1.95. The van der Waals surface area contributed by atoms with Gasteiger partial charge >= 0.3 is 0 Å². The van der Waals surface area contributed by atoms with E-state index in [2.05, 4.69) is 5.32 Å². The van der Waals surface area contributed by atoms with Gasteiger partial charge in [0.2, 0.25) is 5.91 Å². The highest BCUT2D eigenvalue weighted by Gasteiger charge is 2.24. The lowest BCUT2D eigenvalue weighted by Crippen LogP contribution is -2.49. The number of likely N-dealkylation sites (tertiary alicyclic amines) is 1. The fourth-order valence-corrected chi connectivity index (χ4v) is 2.65. The molecule has 0 radical (unpaired) electrons. The fraction of sp³-hybridized carbons (Fsp3) is 0.562. The molecule has 1 aromatic rings. The van der Waals surface area contributed by atoms with Crippen LogP contribution in [0.5, 0.6) is 0 Å². The molecule has 2 rings (SSSR count). The molecule has 6 heteroatoms. The summed E-state index contributed by atoms with van der Waals surface area (Å²) in [5.74, 6) is -1.22. The summed E-state index contributed by atoms with van der Waals surface area (Å²) >= 11 is 0. The SMILES string of the molecule is CO[C@H](C)C(=O)N[C@H]1CCCN(Cc2c(F)cccc2F)C1. The van der Waals surface area contributed by atoms with E-state index in [4.69, 9.17) is 4.74 Å². The van der Waals surface area contributed by atoms with E-state index in [0.717, 1.165) is 19.4 Å². The number of hydrogen-bond donors (Lipinski definition) is 1. The van der Waals surface area contributed by atoms with Crippen molar-refractivity contribution >= 4 is 5.91 Å². The van der Waals surface area contributed by atoms with Gasteiger partial charge in [-0.1, -0.05) is 6.07 Å². The zero-order valence-corrected chi connectivity index (χ0v) is 12.9. The van der Waals surface area contributed by atoms with Gasteiger partial charge in [-0.3, -0.25) is 9.69 Å². The summed E-state index contributed by atoms with van der Waals surface area (Å²) in [6, 6.07) is 3.87. The van der Waals surface area contributed by atoms with Crippen LogP contribution in [0.3, 0.4) is 0 Å². The lowest BCUT2D eigenvalue weighted by molar-refractivity contribution is -0.131. The number of methoxy groups -OCH3 is 1. The quantitative estimate of drug-likeness (QED) is 0.905. The van der Waals surface area contributed by atoms with Crippen molar-refractivity contribution in [2.24, 2.45) is 0 Å². The predicted octanol–water partition coefficient (Wildman–Crippen LogP) is 2.08. The molecule has 0 bridgehead atoms. The first-order chi connectivity index (χ1) is 10.5. The highest BCUT2D eigenvalue weighted by Crippen LogP contribution is 2.18. The minimum atomic E-state index is -0.529. The Morgan fingerprint density at radius 2 is 2.14 bits per heavy atom. The number of piperidine rings is 1. The molecule has 1 heterocycles. The molecule has 0 aliphatic carbocycles. The van der Waals surface area contributed by atoms with Crippen molar-refractivity contribution in [2.45, 2.75) is 38.5 Å². The molecule has 1 aliphatic rings. The number of amides is 1. The largest absolute Gasteiger partial charge is 0.372 e. The molecule has 1 aromatic carbocycles. The van der Waals surface area contributed by atoms with Crippen LogP contribution in [0.1, 0.15) is 25.3 Å². The molecule has 0 unspecified atom stereocenters. The summed E-state index contributed by atoms with van der Waals surface area (Å²) in [5, 5.41) is 2.92. The van der Waals surface area contributed by atoms with Crippen LogP contribution in [-0.4, -0.2) is 43.2 Å². The standard InChI is InChI=1S/C16H22F2N2O2/c1-11(22-2)16(21)19-12-5-4-8-20(9-12)10-13-14(17)6-3-7-15(13)18/h3,6-7,11-12H,4-5,8-10H2,1-2H3,(H,19,21)/t11-,12+/m1/s1. The van der Waals surface area contributed by atoms with Crippen LogP contribution in [0.15, 0.2) is 18.2 Å². The normalized spacial score (nSPS) is 20.6. The van der Waals surface area contributed by atoms with E-state index in [-0.39, 0.29) is 24.1 Å². The van der Waals surface area contributed by atoms with Gasteiger partial charge in [0.1, 0.15) is 17.7 Å². The molecule has 22 heavy (non-hydrogen) atoms. The Labute approximate surface area is 129 Å². The minimum Gasteiger partial charge on any atom is -0.372 e. The van der Waals surface area contributed by atoms with E-state index in [9.17, 15) is 13.6 Å². The van der Waals surface area contributed by atoms with Gasteiger partial charge in [0.15, 0.2) is 0 Å². The van der Waals surface area contributed by atoms with Crippen LogP contribution in [0.2, 0.25) is 0 Å². The number of nitrogens with one attached hydrogen (secondary N) is 1. The van der Waals surface area contributed by atoms with E-state index in [1.54, 1.807) is 6.92 Å². The third-order valence-corrected chi connectivity index (χ3v) is 4.02. The summed E-state index contributed by atoms with van der Waals surface area (Å²) in [5.41, 5.74) is 0.0831. The summed E-state index contributed by atoms with van der Waals surface area (Å²) in [7, 11) is 1.48. The van der Waals surface area contributed by atoms with Crippen LogP contribution in [-0.2, 0) is 16.1 Å². The van der Waals surface area contributed by atoms with Crippen LogP contribution >= 0.6 is 0 Å². The first-order valence-corrected chi connectivity index (χ1v) is 7.49. The van der Waals surface area contributed by atoms with Crippen molar-refractivity contribution < 1.29 is 18.3 Å². The maximum absolute atomic E-state index is 13.7. The number of carbonyl (C=O) groups excluding carboxylic acids is 1. The van der Waals surface area contributed by atoms with E-state index in [1.807, 2.05) is 4.90 Å². The Hall–Kier alpha value is -1.53. The van der Waals surface area contributed by atoms with E-state index >= 15 is 0 Å². The molecule has 1 saturated heterocycles. The topological polar surface area (TPSA) is 41.6 Å². The molecular formula is C16H22F2N2O2. The van der Waals surface area contributed by atoms with Crippen LogP contribution in [0.25, 0.3) is 0 Å². The zero-order chi connectivity index (χ0) is 16.1. The molecule has 2 atom stereocenters. The summed E-state index contributed by atoms with van der Waals surface area (Å²) < 4.78 is 32.4. The number of hydrogen-bond acceptors (Lipinski definition) is 3. The van der Waals surface area contributed by atoms with Gasteiger partial charge in [-0.15, -0.1) is 0 Å². The molecule has 4 nitrogen and oxygen atoms in total. The minimum absolute atomic E-state index is 0.0197. The van der Waals surface area contributed by atoms with Crippen LogP contribution < -0.4 is 5.32 Å². The maximum Gasteiger partial charge on any atom is 0.249 e. The zero-order valence-electron chi connectivity index (χ0n) is 12.9. The van der Waals surface area contributed by atoms with Crippen LogP contribution in [0.4, 0.5) is 8.78 Å². The molecule has 0 saturated carbocycles. The third kappa shape index (κ3) is 4.24. The van der Waals surface area contributed by atoms with E-state index < -0.39 is 17.7 Å². The van der Waals surface area contributed by atoms with Crippen molar-refractivity contribution in [3.63, 3.8) is 0 Å². The van der Waals surface area contributed by atoms with Crippen molar-refractivity contribution in [2.75, 3.05) is 20.2 Å². The first kappa shape index (κ1) is 16.8. The Kier molecular flexibility index (Phi) is 5.85. The Bertz CT molecular complexity index is 505. The molecular weight excluding hydrogens is 290 g/mol. The van der Waals surface area contributed by atoms with Crippen molar-refractivity contribution in [3.05, 3.63) is 35.4 Å². The van der Waals surface area contributed by atoms with E-state index in [1.165, 1.54) is 25.3 Å². The van der Waals surface area contributed by atoms with Crippen LogP contribution in [0, 0.1) is 11.6 Å². The molecule has 1 fully saturated rings. The Morgan fingerprint density at radius 1 is 1.45 bits per heavy atom. The average molecular weight is 312 g/mol. The lowest BCUT2D eigenvalue weighted by atomic mass is 10.0. The summed E-state index contributed by atoms with van der Waals surface area (Å²) in [6.45, 7) is 3.24. The highest BCUT2D eigenvalue weighted by atomic mass is 19.1. The van der Waals surface area contributed by atoms with Gasteiger partial charge in [0, 0.05) is 31.8 Å². The highest BCUT2D eigenvalue weighted by molar-refractivity contribution is 5.80. The molecule has 0 aromatic heterocycles. The number of halogens is 2. The smallest absolute Gasteiger partial charge is 0.249 e. The van der Waals surface area contributed by atoms with Gasteiger partial charge in [-0.2, -0.15) is 0 Å². The fourth-order valence-electron chi connectivity index (χ4n) is 2.65. The number of carbonyl (C=O) groups is 1. The molecule has 0 spiro atoms. The molecule has 1 amide bonds. The first-order valence-electron chi connectivity index (χ1n) is 7.49. The molecule has 1 aliphatic heterocycles. The Morgan fingerprint density at radius 3 is 2.77 bits per heavy atom. The maximum atomic E-state index is 13.7. The monoisotopic (exact) mass is 312 g/mol. The number of nitrogens with zero attached hydrogens (tertiary/aromatic N) is 1. The van der Waals surface area contributed by atoms with Crippen molar-refractivity contribution in [1.82, 2.24) is 10.2 Å². The average Bonchev–Trinajstić information content (AvgIpc) is 2.50. The number of rotatable bonds is 5.